The first-order valence-electron chi connectivity index (χ1n) is 6.31. The van der Waals surface area contributed by atoms with Crippen molar-refractivity contribution < 1.29 is 8.42 Å². The van der Waals surface area contributed by atoms with E-state index in [4.69, 9.17) is 5.73 Å². The summed E-state index contributed by atoms with van der Waals surface area (Å²) in [7, 11) is -3.04. The Morgan fingerprint density at radius 2 is 2.06 bits per heavy atom. The summed E-state index contributed by atoms with van der Waals surface area (Å²) in [6, 6.07) is 0. The van der Waals surface area contributed by atoms with Crippen molar-refractivity contribution in [2.24, 2.45) is 5.73 Å². The van der Waals surface area contributed by atoms with Crippen LogP contribution in [0, 0.1) is 0 Å². The van der Waals surface area contributed by atoms with E-state index in [0.717, 1.165) is 25.7 Å². The van der Waals surface area contributed by atoms with Crippen molar-refractivity contribution in [3.63, 3.8) is 0 Å². The third-order valence-electron chi connectivity index (χ3n) is 3.22. The lowest BCUT2D eigenvalue weighted by atomic mass is 10.2. The third kappa shape index (κ3) is 5.16. The second kappa shape index (κ2) is 7.61. The van der Waals surface area contributed by atoms with E-state index in [1.807, 2.05) is 11.8 Å². The molecule has 0 aliphatic carbocycles. The smallest absolute Gasteiger partial charge is 0.214 e. The van der Waals surface area contributed by atoms with Crippen LogP contribution in [0.1, 0.15) is 32.1 Å². The lowest BCUT2D eigenvalue weighted by molar-refractivity contribution is 0.423. The molecular formula is C11H24N2O2S2. The van der Waals surface area contributed by atoms with Gasteiger partial charge in [0.2, 0.25) is 10.0 Å². The van der Waals surface area contributed by atoms with Gasteiger partial charge >= 0.3 is 0 Å². The van der Waals surface area contributed by atoms with Crippen LogP contribution in [0.3, 0.4) is 0 Å². The zero-order chi connectivity index (χ0) is 12.7. The number of sulfonamides is 1. The average Bonchev–Trinajstić information content (AvgIpc) is 2.54. The first-order valence-corrected chi connectivity index (χ1v) is 9.20. The van der Waals surface area contributed by atoms with E-state index in [1.165, 1.54) is 0 Å². The monoisotopic (exact) mass is 280 g/mol. The number of nitrogens with zero attached hydrogens (tertiary/aromatic N) is 1. The van der Waals surface area contributed by atoms with Gasteiger partial charge in [0, 0.05) is 18.3 Å². The molecule has 0 saturated carbocycles. The highest BCUT2D eigenvalue weighted by Gasteiger charge is 2.25. The third-order valence-corrected chi connectivity index (χ3v) is 6.31. The van der Waals surface area contributed by atoms with Crippen LogP contribution in [0.15, 0.2) is 0 Å². The maximum atomic E-state index is 12.1. The quantitative estimate of drug-likeness (QED) is 0.744. The number of hydrogen-bond acceptors (Lipinski definition) is 4. The standard InChI is InChI=1S/C11H24N2O2S2/c1-16-11-5-4-8-13(9-6-11)17(14,15)10-3-2-7-12/h11H,2-10,12H2,1H3. The van der Waals surface area contributed by atoms with Gasteiger partial charge in [0.15, 0.2) is 0 Å². The van der Waals surface area contributed by atoms with Crippen molar-refractivity contribution in [2.75, 3.05) is 31.6 Å². The number of hydrogen-bond donors (Lipinski definition) is 1. The second-order valence-corrected chi connectivity index (χ2v) is 7.73. The highest BCUT2D eigenvalue weighted by Crippen LogP contribution is 2.22. The number of thioether (sulfide) groups is 1. The molecular weight excluding hydrogens is 256 g/mol. The van der Waals surface area contributed by atoms with E-state index in [1.54, 1.807) is 4.31 Å². The lowest BCUT2D eigenvalue weighted by Crippen LogP contribution is -2.34. The molecule has 6 heteroatoms. The Balaban J connectivity index is 2.47. The molecule has 4 nitrogen and oxygen atoms in total. The molecule has 2 N–H and O–H groups in total. The second-order valence-electron chi connectivity index (χ2n) is 4.50. The highest BCUT2D eigenvalue weighted by molar-refractivity contribution is 7.99. The van der Waals surface area contributed by atoms with Crippen molar-refractivity contribution in [3.8, 4) is 0 Å². The predicted molar refractivity (Wildman–Crippen MR) is 74.8 cm³/mol. The van der Waals surface area contributed by atoms with Crippen LogP contribution in [0.5, 0.6) is 0 Å². The summed E-state index contributed by atoms with van der Waals surface area (Å²) in [5.74, 6) is 0.258. The van der Waals surface area contributed by atoms with Gasteiger partial charge in [-0.2, -0.15) is 11.8 Å². The molecule has 1 atom stereocenters. The Labute approximate surface area is 109 Å². The normalized spacial score (nSPS) is 23.5. The molecule has 1 aliphatic rings. The SMILES string of the molecule is CSC1CCCN(S(=O)(=O)CCCCN)CC1. The van der Waals surface area contributed by atoms with Gasteiger partial charge < -0.3 is 5.73 Å². The molecule has 0 aromatic heterocycles. The zero-order valence-electron chi connectivity index (χ0n) is 10.6. The minimum absolute atomic E-state index is 0.258. The van der Waals surface area contributed by atoms with Crippen LogP contribution in [-0.2, 0) is 10.0 Å². The van der Waals surface area contributed by atoms with E-state index in [9.17, 15) is 8.42 Å². The molecule has 0 aromatic rings. The number of rotatable bonds is 6. The Kier molecular flexibility index (Phi) is 6.84. The molecule has 0 amide bonds. The van der Waals surface area contributed by atoms with Crippen LogP contribution in [-0.4, -0.2) is 49.6 Å². The van der Waals surface area contributed by atoms with Gasteiger partial charge in [-0.1, -0.05) is 0 Å². The molecule has 1 rings (SSSR count). The largest absolute Gasteiger partial charge is 0.330 e. The van der Waals surface area contributed by atoms with Gasteiger partial charge in [-0.05, 0) is 44.9 Å². The van der Waals surface area contributed by atoms with Crippen molar-refractivity contribution in [1.82, 2.24) is 4.31 Å². The summed E-state index contributed by atoms with van der Waals surface area (Å²) >= 11 is 1.86. The molecule has 102 valence electrons. The minimum Gasteiger partial charge on any atom is -0.330 e. The molecule has 1 saturated heterocycles. The fourth-order valence-electron chi connectivity index (χ4n) is 2.11. The molecule has 0 bridgehead atoms. The van der Waals surface area contributed by atoms with E-state index < -0.39 is 10.0 Å². The summed E-state index contributed by atoms with van der Waals surface area (Å²) < 4.78 is 25.9. The van der Waals surface area contributed by atoms with Gasteiger partial charge in [0.05, 0.1) is 5.75 Å². The Morgan fingerprint density at radius 1 is 1.29 bits per heavy atom. The number of unbranched alkanes of at least 4 members (excludes halogenated alkanes) is 1. The molecule has 1 fully saturated rings. The van der Waals surface area contributed by atoms with Crippen molar-refractivity contribution in [1.29, 1.82) is 0 Å². The van der Waals surface area contributed by atoms with Gasteiger partial charge in [0.1, 0.15) is 0 Å². The molecule has 0 spiro atoms. The fourth-order valence-corrected chi connectivity index (χ4v) is 4.47. The van der Waals surface area contributed by atoms with E-state index >= 15 is 0 Å². The summed E-state index contributed by atoms with van der Waals surface area (Å²) in [5, 5.41) is 0.624. The van der Waals surface area contributed by atoms with Crippen molar-refractivity contribution >= 4 is 21.8 Å². The Hall–Kier alpha value is 0.220. The van der Waals surface area contributed by atoms with Gasteiger partial charge in [-0.25, -0.2) is 12.7 Å². The van der Waals surface area contributed by atoms with Crippen LogP contribution < -0.4 is 5.73 Å². The topological polar surface area (TPSA) is 63.4 Å². The Morgan fingerprint density at radius 3 is 2.71 bits per heavy atom. The summed E-state index contributed by atoms with van der Waals surface area (Å²) in [5.41, 5.74) is 5.39. The minimum atomic E-state index is -3.04. The van der Waals surface area contributed by atoms with Crippen LogP contribution in [0.25, 0.3) is 0 Å². The molecule has 1 aliphatic heterocycles. The predicted octanol–water partition coefficient (Wildman–Crippen LogP) is 1.27. The van der Waals surface area contributed by atoms with Crippen LogP contribution in [0.2, 0.25) is 0 Å². The maximum absolute atomic E-state index is 12.1. The number of nitrogens with two attached hydrogens (primary N) is 1. The lowest BCUT2D eigenvalue weighted by Gasteiger charge is -2.20. The molecule has 1 unspecified atom stereocenters. The zero-order valence-corrected chi connectivity index (χ0v) is 12.2. The van der Waals surface area contributed by atoms with Gasteiger partial charge in [-0.15, -0.1) is 0 Å². The molecule has 17 heavy (non-hydrogen) atoms. The van der Waals surface area contributed by atoms with Crippen molar-refractivity contribution in [2.45, 2.75) is 37.4 Å². The molecule has 0 aromatic carbocycles. The summed E-state index contributed by atoms with van der Waals surface area (Å²) in [4.78, 5) is 0. The van der Waals surface area contributed by atoms with Crippen molar-refractivity contribution in [3.05, 3.63) is 0 Å². The first kappa shape index (κ1) is 15.3. The molecule has 0 radical (unpaired) electrons. The summed E-state index contributed by atoms with van der Waals surface area (Å²) in [6.07, 6.45) is 6.69. The fraction of sp³-hybridized carbons (Fsp3) is 1.00. The van der Waals surface area contributed by atoms with Crippen LogP contribution >= 0.6 is 11.8 Å². The van der Waals surface area contributed by atoms with E-state index in [0.29, 0.717) is 31.3 Å². The average molecular weight is 280 g/mol. The Bertz CT molecular complexity index is 307. The van der Waals surface area contributed by atoms with Gasteiger partial charge in [0.25, 0.3) is 0 Å². The maximum Gasteiger partial charge on any atom is 0.214 e. The van der Waals surface area contributed by atoms with E-state index in [-0.39, 0.29) is 5.75 Å². The van der Waals surface area contributed by atoms with Gasteiger partial charge in [-0.3, -0.25) is 0 Å². The first-order chi connectivity index (χ1) is 8.10. The highest BCUT2D eigenvalue weighted by atomic mass is 32.2. The van der Waals surface area contributed by atoms with E-state index in [2.05, 4.69) is 6.26 Å². The molecule has 1 heterocycles. The summed E-state index contributed by atoms with van der Waals surface area (Å²) in [6.45, 7) is 1.96. The van der Waals surface area contributed by atoms with Crippen LogP contribution in [0.4, 0.5) is 0 Å².